The van der Waals surface area contributed by atoms with Crippen molar-refractivity contribution < 1.29 is 9.94 Å². The summed E-state index contributed by atoms with van der Waals surface area (Å²) < 4.78 is 4.91. The van der Waals surface area contributed by atoms with Gasteiger partial charge in [-0.15, -0.1) is 0 Å². The Bertz CT molecular complexity index is 151. The van der Waals surface area contributed by atoms with Crippen molar-refractivity contribution in [1.29, 1.82) is 0 Å². The van der Waals surface area contributed by atoms with Crippen molar-refractivity contribution >= 4 is 5.96 Å². The van der Waals surface area contributed by atoms with Gasteiger partial charge in [-0.3, -0.25) is 10.2 Å². The second-order valence-electron chi connectivity index (χ2n) is 2.67. The minimum atomic E-state index is 0.0418. The van der Waals surface area contributed by atoms with Gasteiger partial charge in [0.05, 0.1) is 13.2 Å². The SMILES string of the molecule is COCCN(C)CCN=C(N)NO. The molecule has 0 bridgehead atoms. The van der Waals surface area contributed by atoms with Crippen LogP contribution in [-0.4, -0.2) is 56.5 Å². The van der Waals surface area contributed by atoms with Crippen molar-refractivity contribution in [3.05, 3.63) is 0 Å². The molecule has 0 aromatic rings. The number of hydrogen-bond acceptors (Lipinski definition) is 4. The number of nitrogens with one attached hydrogen (secondary N) is 1. The van der Waals surface area contributed by atoms with Crippen molar-refractivity contribution in [3.8, 4) is 0 Å². The normalized spacial score (nSPS) is 12.2. The molecule has 0 saturated carbocycles. The number of ether oxygens (including phenoxy) is 1. The Balaban J connectivity index is 3.41. The Morgan fingerprint density at radius 3 is 2.85 bits per heavy atom. The highest BCUT2D eigenvalue weighted by molar-refractivity contribution is 5.76. The summed E-state index contributed by atoms with van der Waals surface area (Å²) in [6.45, 7) is 2.90. The smallest absolute Gasteiger partial charge is 0.212 e. The van der Waals surface area contributed by atoms with Crippen molar-refractivity contribution in [1.82, 2.24) is 10.4 Å². The summed E-state index contributed by atoms with van der Waals surface area (Å²) in [7, 11) is 3.64. The van der Waals surface area contributed by atoms with E-state index in [1.165, 1.54) is 0 Å². The molecule has 13 heavy (non-hydrogen) atoms. The third-order valence-electron chi connectivity index (χ3n) is 1.56. The highest BCUT2D eigenvalue weighted by Gasteiger charge is 1.96. The summed E-state index contributed by atoms with van der Waals surface area (Å²) in [6.07, 6.45) is 0. The molecule has 0 saturated heterocycles. The molecule has 0 heterocycles. The maximum atomic E-state index is 8.30. The van der Waals surface area contributed by atoms with Crippen LogP contribution in [0.2, 0.25) is 0 Å². The van der Waals surface area contributed by atoms with Crippen LogP contribution in [0.1, 0.15) is 0 Å². The summed E-state index contributed by atoms with van der Waals surface area (Å²) in [5, 5.41) is 8.30. The molecule has 0 amide bonds. The lowest BCUT2D eigenvalue weighted by Gasteiger charge is -2.14. The van der Waals surface area contributed by atoms with Gasteiger partial charge in [0, 0.05) is 20.2 Å². The maximum absolute atomic E-state index is 8.30. The van der Waals surface area contributed by atoms with Gasteiger partial charge in [-0.1, -0.05) is 0 Å². The molecule has 0 spiro atoms. The second-order valence-corrected chi connectivity index (χ2v) is 2.67. The minimum absolute atomic E-state index is 0.0418. The number of hydrogen-bond donors (Lipinski definition) is 3. The van der Waals surface area contributed by atoms with Crippen molar-refractivity contribution in [2.45, 2.75) is 0 Å². The van der Waals surface area contributed by atoms with E-state index in [0.29, 0.717) is 13.2 Å². The Morgan fingerprint density at radius 1 is 1.62 bits per heavy atom. The average molecular weight is 190 g/mol. The molecular formula is C7H18N4O2. The molecule has 0 fully saturated rings. The summed E-state index contributed by atoms with van der Waals surface area (Å²) in [5.74, 6) is 0.0418. The molecule has 0 aliphatic rings. The predicted molar refractivity (Wildman–Crippen MR) is 50.8 cm³/mol. The molecule has 6 heteroatoms. The lowest BCUT2D eigenvalue weighted by atomic mass is 10.5. The first kappa shape index (κ1) is 12.2. The van der Waals surface area contributed by atoms with Gasteiger partial charge in [0.1, 0.15) is 0 Å². The van der Waals surface area contributed by atoms with E-state index in [0.717, 1.165) is 13.1 Å². The van der Waals surface area contributed by atoms with Crippen molar-refractivity contribution in [2.24, 2.45) is 10.7 Å². The van der Waals surface area contributed by atoms with Crippen LogP contribution >= 0.6 is 0 Å². The summed E-state index contributed by atoms with van der Waals surface area (Å²) in [5.41, 5.74) is 6.97. The highest BCUT2D eigenvalue weighted by atomic mass is 16.5. The Labute approximate surface area is 78.3 Å². The zero-order valence-electron chi connectivity index (χ0n) is 8.16. The van der Waals surface area contributed by atoms with Gasteiger partial charge in [0.2, 0.25) is 5.96 Å². The van der Waals surface area contributed by atoms with Crippen molar-refractivity contribution in [2.75, 3.05) is 40.4 Å². The quantitative estimate of drug-likeness (QED) is 0.280. The average Bonchev–Trinajstić information content (AvgIpc) is 2.14. The predicted octanol–water partition coefficient (Wildman–Crippen LogP) is -1.14. The first-order valence-electron chi connectivity index (χ1n) is 4.08. The molecule has 0 unspecified atom stereocenters. The third-order valence-corrected chi connectivity index (χ3v) is 1.56. The van der Waals surface area contributed by atoms with E-state index in [1.807, 2.05) is 7.05 Å². The Kier molecular flexibility index (Phi) is 7.27. The topological polar surface area (TPSA) is 83.1 Å². The Hall–Kier alpha value is -0.850. The molecule has 0 rings (SSSR count). The number of guanidine groups is 1. The first-order valence-corrected chi connectivity index (χ1v) is 4.08. The molecule has 4 N–H and O–H groups in total. The van der Waals surface area contributed by atoms with E-state index in [2.05, 4.69) is 9.89 Å². The monoisotopic (exact) mass is 190 g/mol. The number of hydroxylamine groups is 1. The number of rotatable bonds is 6. The second kappa shape index (κ2) is 7.78. The molecule has 0 aromatic carbocycles. The van der Waals surface area contributed by atoms with Crippen LogP contribution in [0.3, 0.4) is 0 Å². The number of likely N-dealkylation sites (N-methyl/N-ethyl adjacent to an activating group) is 1. The van der Waals surface area contributed by atoms with Crippen LogP contribution in [-0.2, 0) is 4.74 Å². The molecule has 78 valence electrons. The zero-order chi connectivity index (χ0) is 10.1. The highest BCUT2D eigenvalue weighted by Crippen LogP contribution is 1.82. The van der Waals surface area contributed by atoms with E-state index in [-0.39, 0.29) is 5.96 Å². The number of nitrogens with zero attached hydrogens (tertiary/aromatic N) is 2. The zero-order valence-corrected chi connectivity index (χ0v) is 8.16. The molecule has 0 aliphatic heterocycles. The van der Waals surface area contributed by atoms with Crippen LogP contribution in [0, 0.1) is 0 Å². The molecule has 0 radical (unpaired) electrons. The fourth-order valence-electron chi connectivity index (χ4n) is 0.735. The largest absolute Gasteiger partial charge is 0.383 e. The van der Waals surface area contributed by atoms with E-state index < -0.39 is 0 Å². The maximum Gasteiger partial charge on any atom is 0.212 e. The van der Waals surface area contributed by atoms with Crippen LogP contribution < -0.4 is 11.2 Å². The van der Waals surface area contributed by atoms with E-state index in [4.69, 9.17) is 15.7 Å². The molecule has 0 aromatic heterocycles. The number of nitrogens with two attached hydrogens (primary N) is 1. The van der Waals surface area contributed by atoms with Gasteiger partial charge >= 0.3 is 0 Å². The lowest BCUT2D eigenvalue weighted by molar-refractivity contribution is 0.162. The number of methoxy groups -OCH3 is 1. The number of aliphatic imine (C=N–C) groups is 1. The summed E-state index contributed by atoms with van der Waals surface area (Å²) in [4.78, 5) is 5.91. The van der Waals surface area contributed by atoms with Crippen LogP contribution in [0.4, 0.5) is 0 Å². The van der Waals surface area contributed by atoms with Gasteiger partial charge < -0.3 is 15.4 Å². The van der Waals surface area contributed by atoms with Gasteiger partial charge in [0.25, 0.3) is 0 Å². The summed E-state index contributed by atoms with van der Waals surface area (Å²) >= 11 is 0. The fourth-order valence-corrected chi connectivity index (χ4v) is 0.735. The van der Waals surface area contributed by atoms with E-state index >= 15 is 0 Å². The summed E-state index contributed by atoms with van der Waals surface area (Å²) in [6, 6.07) is 0. The van der Waals surface area contributed by atoms with Crippen molar-refractivity contribution in [3.63, 3.8) is 0 Å². The van der Waals surface area contributed by atoms with E-state index in [9.17, 15) is 0 Å². The van der Waals surface area contributed by atoms with Crippen LogP contribution in [0.25, 0.3) is 0 Å². The standard InChI is InChI=1S/C7H18N4O2/c1-11(5-6-13-2)4-3-9-7(8)10-12/h12H,3-6H2,1-2H3,(H3,8,9,10). The Morgan fingerprint density at radius 2 is 2.31 bits per heavy atom. The van der Waals surface area contributed by atoms with Gasteiger partial charge in [-0.25, -0.2) is 5.48 Å². The molecular weight excluding hydrogens is 172 g/mol. The van der Waals surface area contributed by atoms with Crippen LogP contribution in [0.5, 0.6) is 0 Å². The molecule has 0 atom stereocenters. The van der Waals surface area contributed by atoms with Crippen LogP contribution in [0.15, 0.2) is 4.99 Å². The molecule has 0 aliphatic carbocycles. The van der Waals surface area contributed by atoms with Gasteiger partial charge in [-0.2, -0.15) is 0 Å². The first-order chi connectivity index (χ1) is 6.20. The van der Waals surface area contributed by atoms with Gasteiger partial charge in [-0.05, 0) is 7.05 Å². The minimum Gasteiger partial charge on any atom is -0.383 e. The lowest BCUT2D eigenvalue weighted by Crippen LogP contribution is -2.30. The third kappa shape index (κ3) is 7.51. The molecule has 6 nitrogen and oxygen atoms in total. The van der Waals surface area contributed by atoms with Gasteiger partial charge in [0.15, 0.2) is 0 Å². The van der Waals surface area contributed by atoms with E-state index in [1.54, 1.807) is 12.6 Å². The fraction of sp³-hybridized carbons (Fsp3) is 0.857.